The van der Waals surface area contributed by atoms with Crippen LogP contribution in [-0.2, 0) is 14.3 Å². The number of para-hydroxylation sites is 1. The fourth-order valence-electron chi connectivity index (χ4n) is 4.62. The Bertz CT molecular complexity index is 1820. The van der Waals surface area contributed by atoms with E-state index in [9.17, 15) is 14.4 Å². The molecule has 0 spiro atoms. The zero-order valence-corrected chi connectivity index (χ0v) is 24.1. The first kappa shape index (κ1) is 28.6. The van der Waals surface area contributed by atoms with E-state index in [1.54, 1.807) is 68.0 Å². The summed E-state index contributed by atoms with van der Waals surface area (Å²) in [5.41, 5.74) is 2.74. The van der Waals surface area contributed by atoms with Crippen molar-refractivity contribution in [2.24, 2.45) is 4.99 Å². The fourth-order valence-corrected chi connectivity index (χ4v) is 5.66. The van der Waals surface area contributed by atoms with Gasteiger partial charge in [-0.25, -0.2) is 9.79 Å². The van der Waals surface area contributed by atoms with Crippen molar-refractivity contribution in [2.75, 3.05) is 25.6 Å². The molecular formula is C32H29N3O6S. The molecule has 0 saturated heterocycles. The van der Waals surface area contributed by atoms with Crippen molar-refractivity contribution in [1.82, 2.24) is 4.57 Å². The first-order chi connectivity index (χ1) is 20.4. The lowest BCUT2D eigenvalue weighted by atomic mass is 9.95. The van der Waals surface area contributed by atoms with Crippen LogP contribution in [-0.4, -0.2) is 36.8 Å². The number of hydrogen-bond donors (Lipinski definition) is 1. The van der Waals surface area contributed by atoms with E-state index in [4.69, 9.17) is 14.2 Å². The second kappa shape index (κ2) is 12.7. The molecule has 0 saturated carbocycles. The van der Waals surface area contributed by atoms with Gasteiger partial charge in [-0.15, -0.1) is 0 Å². The number of nitrogens with one attached hydrogen (secondary N) is 1. The Balaban J connectivity index is 1.54. The molecule has 0 bridgehead atoms. The predicted molar refractivity (Wildman–Crippen MR) is 160 cm³/mol. The molecule has 1 aliphatic heterocycles. The third-order valence-corrected chi connectivity index (χ3v) is 7.53. The zero-order chi connectivity index (χ0) is 29.6. The summed E-state index contributed by atoms with van der Waals surface area (Å²) in [6.07, 6.45) is 1.77. The number of anilines is 1. The molecule has 1 atom stereocenters. The minimum atomic E-state index is -0.721. The number of thiazole rings is 1. The number of aromatic nitrogens is 1. The molecule has 2 heterocycles. The van der Waals surface area contributed by atoms with Crippen molar-refractivity contribution in [2.45, 2.75) is 19.9 Å². The molecule has 1 aliphatic rings. The molecule has 42 heavy (non-hydrogen) atoms. The number of ether oxygens (including phenoxy) is 3. The van der Waals surface area contributed by atoms with Gasteiger partial charge < -0.3 is 19.5 Å². The quantitative estimate of drug-likeness (QED) is 0.300. The lowest BCUT2D eigenvalue weighted by Crippen LogP contribution is -2.40. The summed E-state index contributed by atoms with van der Waals surface area (Å²) in [6.45, 7) is 3.61. The van der Waals surface area contributed by atoms with Gasteiger partial charge in [-0.1, -0.05) is 53.8 Å². The minimum Gasteiger partial charge on any atom is -0.497 e. The summed E-state index contributed by atoms with van der Waals surface area (Å²) >= 11 is 1.25. The van der Waals surface area contributed by atoms with Crippen LogP contribution in [0.25, 0.3) is 6.08 Å². The number of fused-ring (bicyclic) bond motifs is 1. The van der Waals surface area contributed by atoms with Crippen LogP contribution in [0.3, 0.4) is 0 Å². The maximum atomic E-state index is 13.9. The highest BCUT2D eigenvalue weighted by Crippen LogP contribution is 2.32. The van der Waals surface area contributed by atoms with Crippen LogP contribution in [0.15, 0.2) is 99.9 Å². The maximum Gasteiger partial charge on any atom is 0.344 e. The van der Waals surface area contributed by atoms with Crippen LogP contribution in [0.4, 0.5) is 5.69 Å². The van der Waals surface area contributed by atoms with E-state index in [2.05, 4.69) is 10.3 Å². The number of hydrogen-bond acceptors (Lipinski definition) is 8. The van der Waals surface area contributed by atoms with Crippen molar-refractivity contribution in [3.8, 4) is 11.5 Å². The Labute approximate surface area is 246 Å². The van der Waals surface area contributed by atoms with Crippen LogP contribution in [0.5, 0.6) is 11.5 Å². The number of nitrogens with zero attached hydrogens (tertiary/aromatic N) is 2. The van der Waals surface area contributed by atoms with Gasteiger partial charge in [-0.3, -0.25) is 14.2 Å². The molecular weight excluding hydrogens is 554 g/mol. The van der Waals surface area contributed by atoms with E-state index in [0.717, 1.165) is 11.1 Å². The van der Waals surface area contributed by atoms with Crippen molar-refractivity contribution in [3.05, 3.63) is 121 Å². The number of rotatable bonds is 9. The summed E-state index contributed by atoms with van der Waals surface area (Å²) in [5.74, 6) is 0.324. The van der Waals surface area contributed by atoms with E-state index in [1.807, 2.05) is 42.5 Å². The third-order valence-electron chi connectivity index (χ3n) is 6.55. The van der Waals surface area contributed by atoms with Gasteiger partial charge in [0.15, 0.2) is 11.4 Å². The highest BCUT2D eigenvalue weighted by Gasteiger charge is 2.32. The first-order valence-corrected chi connectivity index (χ1v) is 14.1. The lowest BCUT2D eigenvalue weighted by molar-refractivity contribution is -0.145. The van der Waals surface area contributed by atoms with Crippen molar-refractivity contribution in [1.29, 1.82) is 0 Å². The molecule has 1 amide bonds. The summed E-state index contributed by atoms with van der Waals surface area (Å²) in [5, 5.41) is 2.95. The monoisotopic (exact) mass is 583 g/mol. The molecule has 0 unspecified atom stereocenters. The van der Waals surface area contributed by atoms with Crippen LogP contribution >= 0.6 is 11.3 Å². The second-order valence-corrected chi connectivity index (χ2v) is 10.4. The van der Waals surface area contributed by atoms with Crippen molar-refractivity contribution >= 4 is 35.0 Å². The van der Waals surface area contributed by atoms with Crippen LogP contribution < -0.4 is 29.7 Å². The number of amides is 1. The molecule has 9 nitrogen and oxygen atoms in total. The molecule has 10 heteroatoms. The molecule has 0 fully saturated rings. The van der Waals surface area contributed by atoms with Crippen LogP contribution in [0, 0.1) is 0 Å². The largest absolute Gasteiger partial charge is 0.497 e. The molecule has 0 radical (unpaired) electrons. The van der Waals surface area contributed by atoms with Gasteiger partial charge in [-0.2, -0.15) is 0 Å². The highest BCUT2D eigenvalue weighted by molar-refractivity contribution is 7.07. The van der Waals surface area contributed by atoms with E-state index >= 15 is 0 Å². The molecule has 214 valence electrons. The average molecular weight is 584 g/mol. The minimum absolute atomic E-state index is 0.185. The van der Waals surface area contributed by atoms with Gasteiger partial charge in [0.2, 0.25) is 0 Å². The zero-order valence-electron chi connectivity index (χ0n) is 23.3. The molecule has 1 N–H and O–H groups in total. The van der Waals surface area contributed by atoms with E-state index in [1.165, 1.54) is 11.3 Å². The van der Waals surface area contributed by atoms with E-state index < -0.39 is 12.0 Å². The Morgan fingerprint density at radius 1 is 1.02 bits per heavy atom. The van der Waals surface area contributed by atoms with Crippen LogP contribution in [0.2, 0.25) is 0 Å². The Morgan fingerprint density at radius 2 is 1.79 bits per heavy atom. The van der Waals surface area contributed by atoms with Gasteiger partial charge >= 0.3 is 5.97 Å². The smallest absolute Gasteiger partial charge is 0.344 e. The van der Waals surface area contributed by atoms with Gasteiger partial charge in [0.1, 0.15) is 11.5 Å². The molecule has 4 aromatic rings. The van der Waals surface area contributed by atoms with Crippen molar-refractivity contribution in [3.63, 3.8) is 0 Å². The summed E-state index contributed by atoms with van der Waals surface area (Å²) in [7, 11) is 1.57. The third kappa shape index (κ3) is 6.18. The number of esters is 1. The molecule has 0 aliphatic carbocycles. The molecule has 3 aromatic carbocycles. The van der Waals surface area contributed by atoms with Crippen molar-refractivity contribution < 1.29 is 23.8 Å². The predicted octanol–water partition coefficient (Wildman–Crippen LogP) is 3.82. The summed E-state index contributed by atoms with van der Waals surface area (Å²) in [6, 6.07) is 22.8. The topological polar surface area (TPSA) is 108 Å². The normalized spacial score (nSPS) is 14.5. The SMILES string of the molecule is CCOC(=O)COc1ccc(/C=c2\sc3n(c2=O)[C@H](c2cccc(OC)c2)C(C(=O)Nc2ccccc2)=C(C)N=3)cc1. The Hall–Kier alpha value is -4.96. The first-order valence-electron chi connectivity index (χ1n) is 13.3. The lowest BCUT2D eigenvalue weighted by Gasteiger charge is -2.25. The van der Waals surface area contributed by atoms with Gasteiger partial charge in [0, 0.05) is 5.69 Å². The number of methoxy groups -OCH3 is 1. The average Bonchev–Trinajstić information content (AvgIpc) is 3.30. The maximum absolute atomic E-state index is 13.9. The Kier molecular flexibility index (Phi) is 8.63. The summed E-state index contributed by atoms with van der Waals surface area (Å²) in [4.78, 5) is 44.3. The van der Waals surface area contributed by atoms with Gasteiger partial charge in [-0.05, 0) is 67.4 Å². The highest BCUT2D eigenvalue weighted by atomic mass is 32.1. The fraction of sp³-hybridized carbons (Fsp3) is 0.188. The standard InChI is InChI=1S/C32H29N3O6S/c1-4-40-27(36)19-41-24-15-13-21(14-16-24)17-26-31(38)35-29(22-9-8-12-25(18-22)39-3)28(20(2)33-32(35)42-26)30(37)34-23-10-6-5-7-11-23/h5-18,29H,4,19H2,1-3H3,(H,34,37)/b26-17-/t29-/m1/s1. The number of allylic oxidation sites excluding steroid dienone is 1. The van der Waals surface area contributed by atoms with E-state index in [-0.39, 0.29) is 24.7 Å². The van der Waals surface area contributed by atoms with Gasteiger partial charge in [0.05, 0.1) is 35.6 Å². The van der Waals surface area contributed by atoms with Gasteiger partial charge in [0.25, 0.3) is 11.5 Å². The number of carbonyl (C=O) groups is 2. The number of benzene rings is 3. The molecule has 1 aromatic heterocycles. The molecule has 5 rings (SSSR count). The number of carbonyl (C=O) groups excluding carboxylic acids is 2. The second-order valence-electron chi connectivity index (χ2n) is 9.34. The van der Waals surface area contributed by atoms with Crippen LogP contribution in [0.1, 0.15) is 31.0 Å². The van der Waals surface area contributed by atoms with E-state index in [0.29, 0.717) is 37.8 Å². The Morgan fingerprint density at radius 3 is 2.50 bits per heavy atom. The summed E-state index contributed by atoms with van der Waals surface area (Å²) < 4.78 is 17.8.